The number of hydrogen-bond donors (Lipinski definition) is 1. The second-order valence-electron chi connectivity index (χ2n) is 6.45. The lowest BCUT2D eigenvalue weighted by Crippen LogP contribution is -2.45. The molecule has 0 saturated heterocycles. The van der Waals surface area contributed by atoms with Crippen molar-refractivity contribution in [1.29, 1.82) is 0 Å². The zero-order valence-electron chi connectivity index (χ0n) is 12.7. The molecule has 1 heterocycles. The Morgan fingerprint density at radius 3 is 2.40 bits per heavy atom. The van der Waals surface area contributed by atoms with Gasteiger partial charge in [-0.2, -0.15) is 0 Å². The molecule has 0 aromatic carbocycles. The van der Waals surface area contributed by atoms with Crippen molar-refractivity contribution in [2.75, 3.05) is 6.61 Å². The minimum Gasteiger partial charge on any atom is -0.384 e. The van der Waals surface area contributed by atoms with Gasteiger partial charge in [0.1, 0.15) is 11.8 Å². The standard InChI is InChI=1S/C14H24BrN3O2/c1-5-20-14(8-6-13(2,3)7-9-14)11(19)10-12(15)16-17-18(10)4/h11,19H,5-9H2,1-4H3. The van der Waals surface area contributed by atoms with Crippen LogP contribution in [0.4, 0.5) is 0 Å². The van der Waals surface area contributed by atoms with Crippen molar-refractivity contribution >= 4 is 15.9 Å². The molecule has 20 heavy (non-hydrogen) atoms. The maximum atomic E-state index is 10.9. The molecule has 114 valence electrons. The molecular formula is C14H24BrN3O2. The van der Waals surface area contributed by atoms with Crippen molar-refractivity contribution in [3.05, 3.63) is 10.3 Å². The molecule has 1 aromatic rings. The van der Waals surface area contributed by atoms with E-state index >= 15 is 0 Å². The van der Waals surface area contributed by atoms with E-state index in [0.29, 0.717) is 22.3 Å². The van der Waals surface area contributed by atoms with Crippen molar-refractivity contribution in [1.82, 2.24) is 15.0 Å². The minimum atomic E-state index is -0.715. The summed E-state index contributed by atoms with van der Waals surface area (Å²) in [4.78, 5) is 0. The highest BCUT2D eigenvalue weighted by atomic mass is 79.9. The first-order valence-corrected chi connectivity index (χ1v) is 7.98. The number of nitrogens with zero attached hydrogens (tertiary/aromatic N) is 3. The molecule has 0 aliphatic heterocycles. The topological polar surface area (TPSA) is 60.2 Å². The zero-order valence-corrected chi connectivity index (χ0v) is 14.3. The van der Waals surface area contributed by atoms with Crippen LogP contribution in [0, 0.1) is 5.41 Å². The normalized spacial score (nSPS) is 22.7. The summed E-state index contributed by atoms with van der Waals surface area (Å²) in [6.07, 6.45) is 3.09. The van der Waals surface area contributed by atoms with E-state index in [9.17, 15) is 5.11 Å². The van der Waals surface area contributed by atoms with Crippen molar-refractivity contribution < 1.29 is 9.84 Å². The van der Waals surface area contributed by atoms with Gasteiger partial charge in [0.25, 0.3) is 0 Å². The molecule has 1 atom stereocenters. The first-order chi connectivity index (χ1) is 9.31. The highest BCUT2D eigenvalue weighted by molar-refractivity contribution is 9.10. The Morgan fingerprint density at radius 2 is 1.95 bits per heavy atom. The Kier molecular flexibility index (Phi) is 4.56. The van der Waals surface area contributed by atoms with E-state index in [1.165, 1.54) is 0 Å². The third-order valence-electron chi connectivity index (χ3n) is 4.47. The Balaban J connectivity index is 2.29. The molecule has 0 amide bonds. The van der Waals surface area contributed by atoms with E-state index in [4.69, 9.17) is 4.74 Å². The highest BCUT2D eigenvalue weighted by Gasteiger charge is 2.46. The fraction of sp³-hybridized carbons (Fsp3) is 0.857. The van der Waals surface area contributed by atoms with Gasteiger partial charge in [0.15, 0.2) is 4.60 Å². The lowest BCUT2D eigenvalue weighted by atomic mass is 9.68. The van der Waals surface area contributed by atoms with Crippen LogP contribution in [0.2, 0.25) is 0 Å². The highest BCUT2D eigenvalue weighted by Crippen LogP contribution is 2.48. The predicted octanol–water partition coefficient (Wildman–Crippen LogP) is 2.99. The van der Waals surface area contributed by atoms with Crippen LogP contribution in [-0.2, 0) is 11.8 Å². The quantitative estimate of drug-likeness (QED) is 0.911. The van der Waals surface area contributed by atoms with Crippen LogP contribution in [0.3, 0.4) is 0 Å². The van der Waals surface area contributed by atoms with E-state index in [0.717, 1.165) is 25.7 Å². The van der Waals surface area contributed by atoms with Gasteiger partial charge in [-0.05, 0) is 54.0 Å². The van der Waals surface area contributed by atoms with Crippen LogP contribution < -0.4 is 0 Å². The summed E-state index contributed by atoms with van der Waals surface area (Å²) in [5.41, 5.74) is 0.489. The van der Waals surface area contributed by atoms with Gasteiger partial charge in [0.2, 0.25) is 0 Å². The molecule has 0 bridgehead atoms. The van der Waals surface area contributed by atoms with Gasteiger partial charge < -0.3 is 9.84 Å². The number of rotatable bonds is 4. The summed E-state index contributed by atoms with van der Waals surface area (Å²) >= 11 is 3.37. The van der Waals surface area contributed by atoms with Gasteiger partial charge in [0.05, 0.1) is 5.60 Å². The van der Waals surface area contributed by atoms with Gasteiger partial charge in [-0.15, -0.1) is 5.10 Å². The third kappa shape index (κ3) is 2.92. The van der Waals surface area contributed by atoms with Crippen LogP contribution in [0.15, 0.2) is 4.60 Å². The van der Waals surface area contributed by atoms with Gasteiger partial charge in [0, 0.05) is 13.7 Å². The fourth-order valence-corrected chi connectivity index (χ4v) is 3.56. The second kappa shape index (κ2) is 5.73. The maximum absolute atomic E-state index is 10.9. The molecular weight excluding hydrogens is 322 g/mol. The molecule has 5 nitrogen and oxygen atoms in total. The number of aromatic nitrogens is 3. The SMILES string of the molecule is CCOC1(C(O)c2c(Br)nnn2C)CCC(C)(C)CC1. The summed E-state index contributed by atoms with van der Waals surface area (Å²) in [7, 11) is 1.79. The number of aliphatic hydroxyl groups is 1. The van der Waals surface area contributed by atoms with Gasteiger partial charge in [-0.25, -0.2) is 4.68 Å². The molecule has 2 rings (SSSR count). The molecule has 1 saturated carbocycles. The largest absolute Gasteiger partial charge is 0.384 e. The van der Waals surface area contributed by atoms with Crippen LogP contribution >= 0.6 is 15.9 Å². The lowest BCUT2D eigenvalue weighted by molar-refractivity contribution is -0.156. The summed E-state index contributed by atoms with van der Waals surface area (Å²) in [6.45, 7) is 7.12. The summed E-state index contributed by atoms with van der Waals surface area (Å²) in [5.74, 6) is 0. The summed E-state index contributed by atoms with van der Waals surface area (Å²) in [5, 5.41) is 18.8. The van der Waals surface area contributed by atoms with E-state index in [2.05, 4.69) is 40.1 Å². The first kappa shape index (κ1) is 15.9. The van der Waals surface area contributed by atoms with Gasteiger partial charge in [-0.3, -0.25) is 0 Å². The molecule has 0 spiro atoms. The Labute approximate surface area is 128 Å². The van der Waals surface area contributed by atoms with Crippen LogP contribution in [0.1, 0.15) is 58.3 Å². The number of ether oxygens (including phenoxy) is 1. The molecule has 0 radical (unpaired) electrons. The smallest absolute Gasteiger partial charge is 0.154 e. The fourth-order valence-electron chi connectivity index (χ4n) is 3.01. The van der Waals surface area contributed by atoms with E-state index in [-0.39, 0.29) is 0 Å². The predicted molar refractivity (Wildman–Crippen MR) is 80.3 cm³/mol. The Bertz CT molecular complexity index is 443. The average molecular weight is 346 g/mol. The van der Waals surface area contributed by atoms with Gasteiger partial charge >= 0.3 is 0 Å². The van der Waals surface area contributed by atoms with Crippen molar-refractivity contribution in [2.24, 2.45) is 12.5 Å². The van der Waals surface area contributed by atoms with Crippen molar-refractivity contribution in [3.63, 3.8) is 0 Å². The Hall–Kier alpha value is -0.460. The summed E-state index contributed by atoms with van der Waals surface area (Å²) < 4.78 is 8.23. The average Bonchev–Trinajstić information content (AvgIpc) is 2.71. The summed E-state index contributed by atoms with van der Waals surface area (Å²) in [6, 6.07) is 0. The molecule has 6 heteroatoms. The maximum Gasteiger partial charge on any atom is 0.154 e. The number of aryl methyl sites for hydroxylation is 1. The molecule has 1 aromatic heterocycles. The first-order valence-electron chi connectivity index (χ1n) is 7.18. The number of aliphatic hydroxyl groups excluding tert-OH is 1. The third-order valence-corrected chi connectivity index (χ3v) is 5.03. The molecule has 1 fully saturated rings. The van der Waals surface area contributed by atoms with Crippen LogP contribution in [-0.4, -0.2) is 32.3 Å². The molecule has 1 aliphatic rings. The van der Waals surface area contributed by atoms with Crippen molar-refractivity contribution in [2.45, 2.75) is 58.2 Å². The van der Waals surface area contributed by atoms with Gasteiger partial charge in [-0.1, -0.05) is 19.1 Å². The number of hydrogen-bond acceptors (Lipinski definition) is 4. The number of halogens is 1. The lowest BCUT2D eigenvalue weighted by Gasteiger charge is -2.45. The minimum absolute atomic E-state index is 0.322. The van der Waals surface area contributed by atoms with E-state index in [1.54, 1.807) is 11.7 Å². The zero-order chi connectivity index (χ0) is 15.0. The monoisotopic (exact) mass is 345 g/mol. The molecule has 1 N–H and O–H groups in total. The van der Waals surface area contributed by atoms with E-state index in [1.807, 2.05) is 6.92 Å². The van der Waals surface area contributed by atoms with Crippen LogP contribution in [0.5, 0.6) is 0 Å². The molecule has 1 unspecified atom stereocenters. The second-order valence-corrected chi connectivity index (χ2v) is 7.20. The van der Waals surface area contributed by atoms with Crippen LogP contribution in [0.25, 0.3) is 0 Å². The van der Waals surface area contributed by atoms with Crippen molar-refractivity contribution in [3.8, 4) is 0 Å². The Morgan fingerprint density at radius 1 is 1.35 bits per heavy atom. The van der Waals surface area contributed by atoms with E-state index < -0.39 is 11.7 Å². The molecule has 1 aliphatic carbocycles.